The number of benzene rings is 1. The maximum absolute atomic E-state index is 12.8. The molecule has 0 fully saturated rings. The number of nitrogens with two attached hydrogens (primary N) is 1. The molecule has 0 aliphatic heterocycles. The number of carbonyl (C=O) groups is 1. The zero-order chi connectivity index (χ0) is 15.5. The summed E-state index contributed by atoms with van der Waals surface area (Å²) >= 11 is 0. The van der Waals surface area contributed by atoms with Crippen LogP contribution in [0.4, 0.5) is 13.2 Å². The van der Waals surface area contributed by atoms with E-state index in [2.05, 4.69) is 0 Å². The van der Waals surface area contributed by atoms with Crippen LogP contribution >= 0.6 is 0 Å². The minimum Gasteiger partial charge on any atom is -0.485 e. The van der Waals surface area contributed by atoms with Gasteiger partial charge in [-0.2, -0.15) is 13.2 Å². The van der Waals surface area contributed by atoms with E-state index in [1.54, 1.807) is 0 Å². The van der Waals surface area contributed by atoms with Crippen molar-refractivity contribution in [3.63, 3.8) is 0 Å². The molecule has 1 amide bonds. The van der Waals surface area contributed by atoms with Crippen LogP contribution in [0.25, 0.3) is 0 Å². The predicted octanol–water partition coefficient (Wildman–Crippen LogP) is 2.48. The zero-order valence-electron chi connectivity index (χ0n) is 10.6. The fourth-order valence-electron chi connectivity index (χ4n) is 1.62. The van der Waals surface area contributed by atoms with Crippen LogP contribution in [0.2, 0.25) is 0 Å². The van der Waals surface area contributed by atoms with Gasteiger partial charge in [0.25, 0.3) is 0 Å². The number of alkyl halides is 3. The van der Waals surface area contributed by atoms with Crippen LogP contribution in [0.1, 0.15) is 21.9 Å². The molecule has 1 aromatic carbocycles. The van der Waals surface area contributed by atoms with Crippen molar-refractivity contribution in [1.29, 1.82) is 0 Å². The Morgan fingerprint density at radius 3 is 2.62 bits per heavy atom. The van der Waals surface area contributed by atoms with E-state index in [9.17, 15) is 18.0 Å². The van der Waals surface area contributed by atoms with E-state index in [0.717, 1.165) is 6.07 Å². The highest BCUT2D eigenvalue weighted by Crippen LogP contribution is 2.36. The number of ether oxygens (including phenoxy) is 1. The molecule has 1 aromatic heterocycles. The SMILES string of the molecule is NNC(=O)c1ccc(COc2ccccc2C(F)(F)F)o1. The first kappa shape index (κ1) is 14.9. The van der Waals surface area contributed by atoms with Crippen LogP contribution in [0.3, 0.4) is 0 Å². The Hall–Kier alpha value is -2.48. The average Bonchev–Trinajstić information content (AvgIpc) is 2.92. The Morgan fingerprint density at radius 2 is 1.95 bits per heavy atom. The summed E-state index contributed by atoms with van der Waals surface area (Å²) in [5.41, 5.74) is 0.997. The third kappa shape index (κ3) is 3.54. The number of nitrogen functional groups attached to an aromatic ring is 1. The van der Waals surface area contributed by atoms with Gasteiger partial charge in [0.2, 0.25) is 0 Å². The van der Waals surface area contributed by atoms with Gasteiger partial charge in [0.15, 0.2) is 5.76 Å². The molecule has 2 rings (SSSR count). The number of hydrogen-bond acceptors (Lipinski definition) is 4. The quantitative estimate of drug-likeness (QED) is 0.516. The van der Waals surface area contributed by atoms with Crippen LogP contribution < -0.4 is 16.0 Å². The van der Waals surface area contributed by atoms with Gasteiger partial charge in [0.05, 0.1) is 5.56 Å². The van der Waals surface area contributed by atoms with Crippen molar-refractivity contribution in [3.8, 4) is 5.75 Å². The maximum atomic E-state index is 12.8. The highest BCUT2D eigenvalue weighted by Gasteiger charge is 2.34. The molecule has 0 atom stereocenters. The van der Waals surface area contributed by atoms with E-state index in [-0.39, 0.29) is 23.9 Å². The monoisotopic (exact) mass is 300 g/mol. The highest BCUT2D eigenvalue weighted by atomic mass is 19.4. The van der Waals surface area contributed by atoms with Crippen molar-refractivity contribution in [2.75, 3.05) is 0 Å². The second-order valence-corrected chi connectivity index (χ2v) is 4.02. The van der Waals surface area contributed by atoms with Crippen molar-refractivity contribution in [1.82, 2.24) is 5.43 Å². The number of carbonyl (C=O) groups excluding carboxylic acids is 1. The molecule has 21 heavy (non-hydrogen) atoms. The molecule has 0 radical (unpaired) electrons. The second-order valence-electron chi connectivity index (χ2n) is 4.02. The van der Waals surface area contributed by atoms with Crippen molar-refractivity contribution >= 4 is 5.91 Å². The van der Waals surface area contributed by atoms with Crippen molar-refractivity contribution in [2.45, 2.75) is 12.8 Å². The van der Waals surface area contributed by atoms with Gasteiger partial charge in [-0.25, -0.2) is 5.84 Å². The minimum atomic E-state index is -4.51. The molecule has 112 valence electrons. The number of nitrogens with one attached hydrogen (secondary N) is 1. The average molecular weight is 300 g/mol. The van der Waals surface area contributed by atoms with Gasteiger partial charge >= 0.3 is 12.1 Å². The topological polar surface area (TPSA) is 77.5 Å². The predicted molar refractivity (Wildman–Crippen MR) is 66.1 cm³/mol. The van der Waals surface area contributed by atoms with Crippen LogP contribution in [0, 0.1) is 0 Å². The summed E-state index contributed by atoms with van der Waals surface area (Å²) in [6.07, 6.45) is -4.51. The first-order valence-electron chi connectivity index (χ1n) is 5.80. The molecule has 0 unspecified atom stereocenters. The molecule has 0 saturated carbocycles. The molecule has 8 heteroatoms. The molecule has 2 aromatic rings. The number of hydrogen-bond donors (Lipinski definition) is 2. The number of halogens is 3. The summed E-state index contributed by atoms with van der Waals surface area (Å²) in [6, 6.07) is 7.59. The fraction of sp³-hybridized carbons (Fsp3) is 0.154. The molecule has 0 bridgehead atoms. The lowest BCUT2D eigenvalue weighted by Gasteiger charge is -2.12. The summed E-state index contributed by atoms with van der Waals surface area (Å²) in [5.74, 6) is 4.12. The maximum Gasteiger partial charge on any atom is 0.419 e. The van der Waals surface area contributed by atoms with Gasteiger partial charge in [-0.1, -0.05) is 12.1 Å². The molecule has 5 nitrogen and oxygen atoms in total. The molecule has 1 heterocycles. The Bertz CT molecular complexity index is 638. The van der Waals surface area contributed by atoms with Gasteiger partial charge in [0.1, 0.15) is 18.1 Å². The van der Waals surface area contributed by atoms with E-state index in [1.807, 2.05) is 5.43 Å². The first-order valence-corrected chi connectivity index (χ1v) is 5.80. The van der Waals surface area contributed by atoms with Gasteiger partial charge < -0.3 is 9.15 Å². The summed E-state index contributed by atoms with van der Waals surface area (Å²) in [7, 11) is 0. The van der Waals surface area contributed by atoms with Gasteiger partial charge in [0, 0.05) is 0 Å². The van der Waals surface area contributed by atoms with Crippen LogP contribution in [0.15, 0.2) is 40.8 Å². The normalized spacial score (nSPS) is 11.2. The van der Waals surface area contributed by atoms with E-state index in [0.29, 0.717) is 0 Å². The molecule has 0 spiro atoms. The summed E-state index contributed by atoms with van der Waals surface area (Å²) in [6.45, 7) is -0.245. The fourth-order valence-corrected chi connectivity index (χ4v) is 1.62. The first-order chi connectivity index (χ1) is 9.91. The number of furan rings is 1. The molecular weight excluding hydrogens is 289 g/mol. The molecule has 0 saturated heterocycles. The second kappa shape index (κ2) is 5.88. The third-order valence-corrected chi connectivity index (χ3v) is 2.58. The highest BCUT2D eigenvalue weighted by molar-refractivity contribution is 5.90. The van der Waals surface area contributed by atoms with Crippen molar-refractivity contribution in [3.05, 3.63) is 53.5 Å². The van der Waals surface area contributed by atoms with Crippen molar-refractivity contribution < 1.29 is 27.1 Å². The van der Waals surface area contributed by atoms with Gasteiger partial charge in [-0.15, -0.1) is 0 Å². The molecule has 0 aliphatic rings. The summed E-state index contributed by atoms with van der Waals surface area (Å²) < 4.78 is 48.5. The Labute approximate surface area is 117 Å². The van der Waals surface area contributed by atoms with Gasteiger partial charge in [-0.3, -0.25) is 10.2 Å². The van der Waals surface area contributed by atoms with Gasteiger partial charge in [-0.05, 0) is 24.3 Å². The van der Waals surface area contributed by atoms with E-state index in [1.165, 1.54) is 30.3 Å². The standard InChI is InChI=1S/C13H11F3N2O3/c14-13(15,16)9-3-1-2-4-10(9)20-7-8-5-6-11(21-8)12(19)18-17/h1-6H,7,17H2,(H,18,19). The van der Waals surface area contributed by atoms with E-state index >= 15 is 0 Å². The Balaban J connectivity index is 2.10. The number of rotatable bonds is 4. The number of hydrazine groups is 1. The van der Waals surface area contributed by atoms with Crippen LogP contribution in [-0.4, -0.2) is 5.91 Å². The largest absolute Gasteiger partial charge is 0.485 e. The molecule has 3 N–H and O–H groups in total. The smallest absolute Gasteiger partial charge is 0.419 e. The Kier molecular flexibility index (Phi) is 4.18. The Morgan fingerprint density at radius 1 is 1.24 bits per heavy atom. The summed E-state index contributed by atoms with van der Waals surface area (Å²) in [4.78, 5) is 11.2. The van der Waals surface area contributed by atoms with E-state index in [4.69, 9.17) is 15.0 Å². The lowest BCUT2D eigenvalue weighted by molar-refractivity contribution is -0.139. The van der Waals surface area contributed by atoms with Crippen LogP contribution in [-0.2, 0) is 12.8 Å². The van der Waals surface area contributed by atoms with E-state index < -0.39 is 17.6 Å². The van der Waals surface area contributed by atoms with Crippen LogP contribution in [0.5, 0.6) is 5.75 Å². The summed E-state index contributed by atoms with van der Waals surface area (Å²) in [5, 5.41) is 0. The number of amides is 1. The minimum absolute atomic E-state index is 0.0554. The third-order valence-electron chi connectivity index (χ3n) is 2.58. The lowest BCUT2D eigenvalue weighted by Crippen LogP contribution is -2.29. The molecular formula is C13H11F3N2O3. The zero-order valence-corrected chi connectivity index (χ0v) is 10.6. The number of para-hydroxylation sites is 1. The van der Waals surface area contributed by atoms with Crippen molar-refractivity contribution in [2.24, 2.45) is 5.84 Å². The molecule has 0 aliphatic carbocycles. The lowest BCUT2D eigenvalue weighted by atomic mass is 10.2.